The number of hydrogen-bond acceptors (Lipinski definition) is 3. The molecule has 0 aromatic rings. The Morgan fingerprint density at radius 3 is 3.00 bits per heavy atom. The minimum Gasteiger partial charge on any atom is -0.394 e. The van der Waals surface area contributed by atoms with Crippen LogP contribution in [0.2, 0.25) is 0 Å². The predicted octanol–water partition coefficient (Wildman–Crippen LogP) is 0.686. The lowest BCUT2D eigenvalue weighted by atomic mass is 10.4. The largest absolute Gasteiger partial charge is 0.394 e. The van der Waals surface area contributed by atoms with Crippen LogP contribution in [0.1, 0.15) is 13.3 Å². The van der Waals surface area contributed by atoms with Gasteiger partial charge in [0, 0.05) is 6.42 Å². The number of aliphatic hydroxyl groups is 1. The molecule has 3 nitrogen and oxygen atoms in total. The quantitative estimate of drug-likeness (QED) is 0.614. The molecule has 0 aromatic heterocycles. The lowest BCUT2D eigenvalue weighted by molar-refractivity contribution is -0.0615. The van der Waals surface area contributed by atoms with Gasteiger partial charge in [-0.2, -0.15) is 0 Å². The van der Waals surface area contributed by atoms with Gasteiger partial charge in [-0.1, -0.05) is 12.2 Å². The molecular formula is C8H14O3. The van der Waals surface area contributed by atoms with Crippen molar-refractivity contribution in [3.05, 3.63) is 12.2 Å². The number of hydrogen-bond donors (Lipinski definition) is 1. The van der Waals surface area contributed by atoms with Gasteiger partial charge in [-0.3, -0.25) is 0 Å². The van der Waals surface area contributed by atoms with Crippen molar-refractivity contribution in [2.75, 3.05) is 13.2 Å². The van der Waals surface area contributed by atoms with Gasteiger partial charge >= 0.3 is 0 Å². The zero-order valence-corrected chi connectivity index (χ0v) is 6.69. The molecule has 1 heterocycles. The topological polar surface area (TPSA) is 38.7 Å². The van der Waals surface area contributed by atoms with Gasteiger partial charge in [-0.25, -0.2) is 0 Å². The third-order valence-corrected chi connectivity index (χ3v) is 1.58. The summed E-state index contributed by atoms with van der Waals surface area (Å²) in [6.45, 7) is 2.52. The van der Waals surface area contributed by atoms with Gasteiger partial charge < -0.3 is 14.6 Å². The molecule has 0 radical (unpaired) electrons. The average molecular weight is 158 g/mol. The number of rotatable bonds is 3. The molecule has 0 amide bonds. The maximum atomic E-state index is 8.69. The molecule has 1 aliphatic heterocycles. The van der Waals surface area contributed by atoms with Gasteiger partial charge in [-0.15, -0.1) is 0 Å². The molecule has 1 rings (SSSR count). The van der Waals surface area contributed by atoms with Crippen molar-refractivity contribution in [2.45, 2.75) is 25.7 Å². The first-order valence-corrected chi connectivity index (χ1v) is 3.86. The van der Waals surface area contributed by atoms with Crippen LogP contribution in [-0.4, -0.2) is 30.7 Å². The van der Waals surface area contributed by atoms with E-state index in [-0.39, 0.29) is 19.0 Å². The van der Waals surface area contributed by atoms with Crippen LogP contribution in [0.5, 0.6) is 0 Å². The highest BCUT2D eigenvalue weighted by Crippen LogP contribution is 2.14. The predicted molar refractivity (Wildman–Crippen MR) is 41.1 cm³/mol. The highest BCUT2D eigenvalue weighted by Gasteiger charge is 2.23. The molecule has 0 spiro atoms. The SMILES string of the molecule is CC=CCC1OCC(CO)O1. The zero-order valence-electron chi connectivity index (χ0n) is 6.69. The third-order valence-electron chi connectivity index (χ3n) is 1.58. The smallest absolute Gasteiger partial charge is 0.161 e. The summed E-state index contributed by atoms with van der Waals surface area (Å²) in [6.07, 6.45) is 4.45. The summed E-state index contributed by atoms with van der Waals surface area (Å²) in [7, 11) is 0. The molecule has 0 saturated carbocycles. The second kappa shape index (κ2) is 4.49. The van der Waals surface area contributed by atoms with Crippen LogP contribution >= 0.6 is 0 Å². The molecule has 0 aromatic carbocycles. The van der Waals surface area contributed by atoms with Crippen LogP contribution in [0.4, 0.5) is 0 Å². The minimum absolute atomic E-state index is 0.0480. The van der Waals surface area contributed by atoms with Gasteiger partial charge in [0.05, 0.1) is 13.2 Å². The summed E-state index contributed by atoms with van der Waals surface area (Å²) in [5.41, 5.74) is 0. The zero-order chi connectivity index (χ0) is 8.10. The molecule has 2 atom stereocenters. The lowest BCUT2D eigenvalue weighted by Crippen LogP contribution is -2.15. The molecule has 1 fully saturated rings. The normalized spacial score (nSPS) is 31.8. The maximum Gasteiger partial charge on any atom is 0.161 e. The van der Waals surface area contributed by atoms with Crippen molar-refractivity contribution < 1.29 is 14.6 Å². The van der Waals surface area contributed by atoms with Gasteiger partial charge in [0.15, 0.2) is 6.29 Å². The Balaban J connectivity index is 2.19. The Bertz CT molecular complexity index is 133. The Kier molecular flexibility index (Phi) is 3.56. The van der Waals surface area contributed by atoms with Crippen LogP contribution < -0.4 is 0 Å². The fourth-order valence-corrected chi connectivity index (χ4v) is 0.974. The highest BCUT2D eigenvalue weighted by atomic mass is 16.7. The van der Waals surface area contributed by atoms with Crippen molar-refractivity contribution in [3.8, 4) is 0 Å². The summed E-state index contributed by atoms with van der Waals surface area (Å²) in [5, 5.41) is 8.69. The fraction of sp³-hybridized carbons (Fsp3) is 0.750. The first-order valence-electron chi connectivity index (χ1n) is 3.86. The van der Waals surface area contributed by atoms with Crippen LogP contribution in [0.3, 0.4) is 0 Å². The van der Waals surface area contributed by atoms with E-state index in [2.05, 4.69) is 0 Å². The van der Waals surface area contributed by atoms with Crippen LogP contribution in [0.25, 0.3) is 0 Å². The first-order chi connectivity index (χ1) is 5.36. The number of aliphatic hydroxyl groups excluding tert-OH is 1. The van der Waals surface area contributed by atoms with Gasteiger partial charge in [0.2, 0.25) is 0 Å². The monoisotopic (exact) mass is 158 g/mol. The van der Waals surface area contributed by atoms with Crippen molar-refractivity contribution in [3.63, 3.8) is 0 Å². The van der Waals surface area contributed by atoms with E-state index in [0.29, 0.717) is 6.61 Å². The van der Waals surface area contributed by atoms with E-state index < -0.39 is 0 Å². The van der Waals surface area contributed by atoms with E-state index in [1.165, 1.54) is 0 Å². The van der Waals surface area contributed by atoms with Crippen LogP contribution in [0, 0.1) is 0 Å². The van der Waals surface area contributed by atoms with Crippen LogP contribution in [0.15, 0.2) is 12.2 Å². The molecule has 0 aliphatic carbocycles. The third kappa shape index (κ3) is 2.61. The van der Waals surface area contributed by atoms with E-state index >= 15 is 0 Å². The number of ether oxygens (including phenoxy) is 2. The van der Waals surface area contributed by atoms with Crippen molar-refractivity contribution in [1.29, 1.82) is 0 Å². The molecule has 1 saturated heterocycles. The molecule has 2 unspecified atom stereocenters. The van der Waals surface area contributed by atoms with E-state index in [0.717, 1.165) is 6.42 Å². The second-order valence-corrected chi connectivity index (χ2v) is 2.51. The van der Waals surface area contributed by atoms with Gasteiger partial charge in [-0.05, 0) is 6.92 Å². The summed E-state index contributed by atoms with van der Waals surface area (Å²) in [5.74, 6) is 0. The van der Waals surface area contributed by atoms with E-state index in [1.807, 2.05) is 19.1 Å². The Labute approximate surface area is 66.6 Å². The summed E-state index contributed by atoms with van der Waals surface area (Å²) < 4.78 is 10.5. The Morgan fingerprint density at radius 2 is 2.45 bits per heavy atom. The van der Waals surface area contributed by atoms with Crippen molar-refractivity contribution in [2.24, 2.45) is 0 Å². The standard InChI is InChI=1S/C8H14O3/c1-2-3-4-8-10-6-7(5-9)11-8/h2-3,7-9H,4-6H2,1H3. The second-order valence-electron chi connectivity index (χ2n) is 2.51. The first kappa shape index (κ1) is 8.71. The summed E-state index contributed by atoms with van der Waals surface area (Å²) in [6, 6.07) is 0. The number of allylic oxidation sites excluding steroid dienone is 1. The van der Waals surface area contributed by atoms with Gasteiger partial charge in [0.1, 0.15) is 6.10 Å². The maximum absolute atomic E-state index is 8.69. The fourth-order valence-electron chi connectivity index (χ4n) is 0.974. The summed E-state index contributed by atoms with van der Waals surface area (Å²) >= 11 is 0. The molecule has 64 valence electrons. The Hall–Kier alpha value is -0.380. The molecular weight excluding hydrogens is 144 g/mol. The molecule has 11 heavy (non-hydrogen) atoms. The molecule has 3 heteroatoms. The van der Waals surface area contributed by atoms with Gasteiger partial charge in [0.25, 0.3) is 0 Å². The van der Waals surface area contributed by atoms with E-state index in [9.17, 15) is 0 Å². The Morgan fingerprint density at radius 1 is 1.64 bits per heavy atom. The molecule has 1 aliphatic rings. The molecule has 1 N–H and O–H groups in total. The highest BCUT2D eigenvalue weighted by molar-refractivity contribution is 4.80. The average Bonchev–Trinajstić information content (AvgIpc) is 2.48. The van der Waals surface area contributed by atoms with E-state index in [1.54, 1.807) is 0 Å². The van der Waals surface area contributed by atoms with E-state index in [4.69, 9.17) is 14.6 Å². The van der Waals surface area contributed by atoms with Crippen molar-refractivity contribution >= 4 is 0 Å². The van der Waals surface area contributed by atoms with Crippen molar-refractivity contribution in [1.82, 2.24) is 0 Å². The summed E-state index contributed by atoms with van der Waals surface area (Å²) in [4.78, 5) is 0. The van der Waals surface area contributed by atoms with Crippen LogP contribution in [-0.2, 0) is 9.47 Å². The minimum atomic E-state index is -0.150. The molecule has 0 bridgehead atoms. The lowest BCUT2D eigenvalue weighted by Gasteiger charge is -2.06.